The van der Waals surface area contributed by atoms with E-state index in [1.54, 1.807) is 12.2 Å². The number of cyclic esters (lactones) is 1. The summed E-state index contributed by atoms with van der Waals surface area (Å²) < 4.78 is 4.63. The van der Waals surface area contributed by atoms with Crippen molar-refractivity contribution < 1.29 is 9.53 Å². The molecule has 10 heavy (non-hydrogen) atoms. The Kier molecular flexibility index (Phi) is 2.10. The molecule has 0 radical (unpaired) electrons. The van der Waals surface area contributed by atoms with Crippen LogP contribution in [0, 0.1) is 0 Å². The molecule has 3 heteroatoms. The second-order valence-electron chi connectivity index (χ2n) is 1.97. The molecule has 1 heterocycles. The molecule has 1 saturated heterocycles. The minimum atomic E-state index is -0.348. The van der Waals surface area contributed by atoms with Crippen molar-refractivity contribution in [2.45, 2.75) is 6.04 Å². The van der Waals surface area contributed by atoms with Crippen molar-refractivity contribution in [3.8, 4) is 0 Å². The van der Waals surface area contributed by atoms with Crippen molar-refractivity contribution in [2.24, 2.45) is 0 Å². The zero-order valence-corrected chi connectivity index (χ0v) is 5.54. The lowest BCUT2D eigenvalue weighted by Gasteiger charge is -1.95. The van der Waals surface area contributed by atoms with E-state index in [1.807, 2.05) is 6.08 Å². The SMILES string of the molecule is C=C/C=C/C1COC(=O)N1. The van der Waals surface area contributed by atoms with Crippen LogP contribution in [0.1, 0.15) is 0 Å². The van der Waals surface area contributed by atoms with Crippen molar-refractivity contribution in [1.82, 2.24) is 5.32 Å². The third-order valence-electron chi connectivity index (χ3n) is 1.18. The van der Waals surface area contributed by atoms with Crippen LogP contribution in [0.25, 0.3) is 0 Å². The summed E-state index contributed by atoms with van der Waals surface area (Å²) in [5, 5.41) is 2.59. The Hall–Kier alpha value is -1.25. The van der Waals surface area contributed by atoms with Crippen LogP contribution in [0.3, 0.4) is 0 Å². The van der Waals surface area contributed by atoms with Crippen LogP contribution in [0.5, 0.6) is 0 Å². The van der Waals surface area contributed by atoms with Crippen molar-refractivity contribution in [3.05, 3.63) is 24.8 Å². The molecule has 0 aliphatic carbocycles. The topological polar surface area (TPSA) is 38.3 Å². The predicted octanol–water partition coefficient (Wildman–Crippen LogP) is 0.837. The Balaban J connectivity index is 2.37. The lowest BCUT2D eigenvalue weighted by Crippen LogP contribution is -2.23. The number of amides is 1. The summed E-state index contributed by atoms with van der Waals surface area (Å²) >= 11 is 0. The van der Waals surface area contributed by atoms with Gasteiger partial charge in [0, 0.05) is 0 Å². The van der Waals surface area contributed by atoms with Gasteiger partial charge in [-0.15, -0.1) is 0 Å². The Bertz CT molecular complexity index is 174. The molecule has 0 aromatic carbocycles. The second kappa shape index (κ2) is 3.06. The molecular formula is C7H9NO2. The first-order valence-electron chi connectivity index (χ1n) is 3.05. The number of carbonyl (C=O) groups excluding carboxylic acids is 1. The van der Waals surface area contributed by atoms with E-state index in [9.17, 15) is 4.79 Å². The van der Waals surface area contributed by atoms with Gasteiger partial charge in [-0.05, 0) is 0 Å². The average Bonchev–Trinajstić information content (AvgIpc) is 2.31. The minimum absolute atomic E-state index is 0.0190. The van der Waals surface area contributed by atoms with Gasteiger partial charge in [-0.3, -0.25) is 0 Å². The average molecular weight is 139 g/mol. The fourth-order valence-corrected chi connectivity index (χ4v) is 0.717. The maximum absolute atomic E-state index is 10.4. The van der Waals surface area contributed by atoms with Gasteiger partial charge < -0.3 is 10.1 Å². The molecule has 54 valence electrons. The summed E-state index contributed by atoms with van der Waals surface area (Å²) in [5.41, 5.74) is 0. The van der Waals surface area contributed by atoms with E-state index in [2.05, 4.69) is 16.6 Å². The third kappa shape index (κ3) is 1.62. The van der Waals surface area contributed by atoms with Crippen LogP contribution in [0.15, 0.2) is 24.8 Å². The summed E-state index contributed by atoms with van der Waals surface area (Å²) in [7, 11) is 0. The maximum Gasteiger partial charge on any atom is 0.407 e. The van der Waals surface area contributed by atoms with Crippen molar-refractivity contribution in [1.29, 1.82) is 0 Å². The van der Waals surface area contributed by atoms with Gasteiger partial charge >= 0.3 is 6.09 Å². The van der Waals surface area contributed by atoms with Gasteiger partial charge in [0.2, 0.25) is 0 Å². The number of hydrogen-bond donors (Lipinski definition) is 1. The molecule has 1 amide bonds. The summed E-state index contributed by atoms with van der Waals surface area (Å²) in [6, 6.07) is 0.0190. The van der Waals surface area contributed by atoms with Crippen molar-refractivity contribution in [2.75, 3.05) is 6.61 Å². The normalized spacial score (nSPS) is 24.4. The Labute approximate surface area is 59.4 Å². The van der Waals surface area contributed by atoms with E-state index >= 15 is 0 Å². The molecule has 0 spiro atoms. The lowest BCUT2D eigenvalue weighted by atomic mass is 10.3. The standard InChI is InChI=1S/C7H9NO2/c1-2-3-4-6-5-10-7(9)8-6/h2-4,6H,1,5H2,(H,8,9)/b4-3+. The third-order valence-corrected chi connectivity index (χ3v) is 1.18. The first-order chi connectivity index (χ1) is 4.83. The summed E-state index contributed by atoms with van der Waals surface area (Å²) in [6.45, 7) is 3.92. The molecule has 3 nitrogen and oxygen atoms in total. The van der Waals surface area contributed by atoms with Crippen LogP contribution in [-0.4, -0.2) is 18.7 Å². The van der Waals surface area contributed by atoms with Crippen LogP contribution >= 0.6 is 0 Å². The van der Waals surface area contributed by atoms with Gasteiger partial charge in [0.05, 0.1) is 6.04 Å². The first kappa shape index (κ1) is 6.86. The van der Waals surface area contributed by atoms with Gasteiger partial charge in [0.25, 0.3) is 0 Å². The molecule has 1 aliphatic rings. The monoisotopic (exact) mass is 139 g/mol. The Morgan fingerprint density at radius 3 is 3.10 bits per heavy atom. The predicted molar refractivity (Wildman–Crippen MR) is 37.6 cm³/mol. The highest BCUT2D eigenvalue weighted by atomic mass is 16.6. The van der Waals surface area contributed by atoms with Crippen molar-refractivity contribution in [3.63, 3.8) is 0 Å². The summed E-state index contributed by atoms with van der Waals surface area (Å²) in [6.07, 6.45) is 4.92. The number of alkyl carbamates (subject to hydrolysis) is 1. The van der Waals surface area contributed by atoms with Gasteiger partial charge in [-0.2, -0.15) is 0 Å². The Morgan fingerprint density at radius 2 is 2.60 bits per heavy atom. The molecule has 1 aliphatic heterocycles. The molecule has 0 aromatic heterocycles. The smallest absolute Gasteiger partial charge is 0.407 e. The number of ether oxygens (including phenoxy) is 1. The number of hydrogen-bond acceptors (Lipinski definition) is 2. The summed E-state index contributed by atoms with van der Waals surface area (Å²) in [5.74, 6) is 0. The van der Waals surface area contributed by atoms with E-state index in [-0.39, 0.29) is 12.1 Å². The highest BCUT2D eigenvalue weighted by Crippen LogP contribution is 1.98. The highest BCUT2D eigenvalue weighted by molar-refractivity contribution is 5.70. The zero-order chi connectivity index (χ0) is 7.40. The largest absolute Gasteiger partial charge is 0.447 e. The van der Waals surface area contributed by atoms with E-state index in [0.717, 1.165) is 0 Å². The van der Waals surface area contributed by atoms with E-state index < -0.39 is 0 Å². The number of carbonyl (C=O) groups is 1. The minimum Gasteiger partial charge on any atom is -0.447 e. The molecule has 0 saturated carbocycles. The summed E-state index contributed by atoms with van der Waals surface area (Å²) in [4.78, 5) is 10.4. The highest BCUT2D eigenvalue weighted by Gasteiger charge is 2.18. The van der Waals surface area contributed by atoms with Crippen LogP contribution in [0.4, 0.5) is 4.79 Å². The molecule has 0 aromatic rings. The maximum atomic E-state index is 10.4. The molecule has 1 atom stereocenters. The fraction of sp³-hybridized carbons (Fsp3) is 0.286. The van der Waals surface area contributed by atoms with Crippen LogP contribution in [-0.2, 0) is 4.74 Å². The van der Waals surface area contributed by atoms with Gasteiger partial charge in [-0.1, -0.05) is 24.8 Å². The van der Waals surface area contributed by atoms with Gasteiger partial charge in [0.15, 0.2) is 0 Å². The van der Waals surface area contributed by atoms with E-state index in [1.165, 1.54) is 0 Å². The molecule has 1 rings (SSSR count). The van der Waals surface area contributed by atoms with Crippen LogP contribution in [0.2, 0.25) is 0 Å². The fourth-order valence-electron chi connectivity index (χ4n) is 0.717. The first-order valence-corrected chi connectivity index (χ1v) is 3.05. The quantitative estimate of drug-likeness (QED) is 0.575. The van der Waals surface area contributed by atoms with E-state index in [0.29, 0.717) is 6.61 Å². The van der Waals surface area contributed by atoms with Crippen LogP contribution < -0.4 is 5.32 Å². The molecule has 1 unspecified atom stereocenters. The molecule has 1 fully saturated rings. The molecule has 1 N–H and O–H groups in total. The Morgan fingerprint density at radius 1 is 1.80 bits per heavy atom. The lowest BCUT2D eigenvalue weighted by molar-refractivity contribution is 0.177. The number of rotatable bonds is 2. The molecular weight excluding hydrogens is 130 g/mol. The number of nitrogens with one attached hydrogen (secondary N) is 1. The number of allylic oxidation sites excluding steroid dienone is 2. The van der Waals surface area contributed by atoms with Gasteiger partial charge in [-0.25, -0.2) is 4.79 Å². The van der Waals surface area contributed by atoms with Crippen molar-refractivity contribution >= 4 is 6.09 Å². The molecule has 0 bridgehead atoms. The van der Waals surface area contributed by atoms with E-state index in [4.69, 9.17) is 0 Å². The second-order valence-corrected chi connectivity index (χ2v) is 1.97. The van der Waals surface area contributed by atoms with Gasteiger partial charge in [0.1, 0.15) is 6.61 Å². The zero-order valence-electron chi connectivity index (χ0n) is 5.54.